The molecule has 9 heteroatoms. The second-order valence-corrected chi connectivity index (χ2v) is 6.38. The smallest absolute Gasteiger partial charge is 0.315 e. The Morgan fingerprint density at radius 2 is 1.89 bits per heavy atom. The maximum Gasteiger partial charge on any atom is 0.315 e. The molecule has 0 radical (unpaired) electrons. The van der Waals surface area contributed by atoms with Crippen molar-refractivity contribution in [2.45, 2.75) is 33.1 Å². The molecule has 0 saturated heterocycles. The third-order valence-electron chi connectivity index (χ3n) is 3.89. The van der Waals surface area contributed by atoms with Gasteiger partial charge in [0.25, 0.3) is 5.89 Å². The average Bonchev–Trinajstić information content (AvgIpc) is 3.10. The molecule has 3 aromatic rings. The molecule has 2 heterocycles. The highest BCUT2D eigenvalue weighted by Gasteiger charge is 2.19. The van der Waals surface area contributed by atoms with Gasteiger partial charge in [0.1, 0.15) is 5.75 Å². The van der Waals surface area contributed by atoms with Gasteiger partial charge in [0.05, 0.1) is 12.3 Å². The summed E-state index contributed by atoms with van der Waals surface area (Å²) in [7, 11) is 0. The SMILES string of the molecule is Cc1cc(OCCCc2ccc(Cl)nn2)cc(C)c1-c1noc(C(F)F)n1. The fourth-order valence-corrected chi connectivity index (χ4v) is 2.81. The zero-order valence-electron chi connectivity index (χ0n) is 14.7. The summed E-state index contributed by atoms with van der Waals surface area (Å²) in [6.45, 7) is 4.19. The minimum Gasteiger partial charge on any atom is -0.494 e. The van der Waals surface area contributed by atoms with Gasteiger partial charge in [-0.15, -0.1) is 5.10 Å². The van der Waals surface area contributed by atoms with Crippen LogP contribution in [0.1, 0.15) is 35.6 Å². The van der Waals surface area contributed by atoms with E-state index in [1.165, 1.54) is 0 Å². The van der Waals surface area contributed by atoms with Gasteiger partial charge in [-0.3, -0.25) is 0 Å². The summed E-state index contributed by atoms with van der Waals surface area (Å²) in [5, 5.41) is 11.8. The maximum atomic E-state index is 12.6. The number of aryl methyl sites for hydroxylation is 3. The van der Waals surface area contributed by atoms with Crippen molar-refractivity contribution in [2.24, 2.45) is 0 Å². The molecule has 0 N–H and O–H groups in total. The number of hydrogen-bond acceptors (Lipinski definition) is 6. The largest absolute Gasteiger partial charge is 0.494 e. The first kappa shape index (κ1) is 19.2. The van der Waals surface area contributed by atoms with Gasteiger partial charge >= 0.3 is 6.43 Å². The van der Waals surface area contributed by atoms with Crippen LogP contribution in [-0.2, 0) is 6.42 Å². The van der Waals surface area contributed by atoms with E-state index in [9.17, 15) is 8.78 Å². The Balaban J connectivity index is 1.62. The van der Waals surface area contributed by atoms with E-state index in [-0.39, 0.29) is 5.82 Å². The van der Waals surface area contributed by atoms with Crippen molar-refractivity contribution in [3.63, 3.8) is 0 Å². The minimum atomic E-state index is -2.79. The summed E-state index contributed by atoms with van der Waals surface area (Å²) in [4.78, 5) is 3.76. The molecule has 0 aliphatic carbocycles. The van der Waals surface area contributed by atoms with Gasteiger partial charge in [0.2, 0.25) is 5.82 Å². The van der Waals surface area contributed by atoms with Crippen LogP contribution in [0, 0.1) is 13.8 Å². The van der Waals surface area contributed by atoms with Gasteiger partial charge in [0.15, 0.2) is 5.15 Å². The maximum absolute atomic E-state index is 12.6. The second-order valence-electron chi connectivity index (χ2n) is 5.99. The molecular formula is C18H17ClF2N4O2. The first-order valence-corrected chi connectivity index (χ1v) is 8.66. The summed E-state index contributed by atoms with van der Waals surface area (Å²) < 4.78 is 35.7. The number of ether oxygens (including phenoxy) is 1. The molecule has 0 saturated carbocycles. The number of rotatable bonds is 7. The molecule has 0 unspecified atom stereocenters. The van der Waals surface area contributed by atoms with Crippen LogP contribution in [0.25, 0.3) is 11.4 Å². The number of hydrogen-bond donors (Lipinski definition) is 0. The van der Waals surface area contributed by atoms with Gasteiger partial charge in [-0.25, -0.2) is 0 Å². The van der Waals surface area contributed by atoms with E-state index >= 15 is 0 Å². The lowest BCUT2D eigenvalue weighted by Crippen LogP contribution is -2.02. The van der Waals surface area contributed by atoms with E-state index in [2.05, 4.69) is 24.9 Å². The molecule has 142 valence electrons. The Hall–Kier alpha value is -2.61. The highest BCUT2D eigenvalue weighted by atomic mass is 35.5. The van der Waals surface area contributed by atoms with Crippen LogP contribution < -0.4 is 4.74 Å². The topological polar surface area (TPSA) is 73.9 Å². The van der Waals surface area contributed by atoms with Crippen molar-refractivity contribution >= 4 is 11.6 Å². The zero-order valence-corrected chi connectivity index (χ0v) is 15.5. The monoisotopic (exact) mass is 394 g/mol. The van der Waals surface area contributed by atoms with E-state index in [4.69, 9.17) is 16.3 Å². The second kappa shape index (κ2) is 8.39. The van der Waals surface area contributed by atoms with E-state index in [1.54, 1.807) is 6.07 Å². The molecule has 0 amide bonds. The Bertz CT molecular complexity index is 893. The summed E-state index contributed by atoms with van der Waals surface area (Å²) in [5.41, 5.74) is 3.14. The first-order valence-electron chi connectivity index (χ1n) is 8.28. The van der Waals surface area contributed by atoms with Crippen LogP contribution in [0.4, 0.5) is 8.78 Å². The summed E-state index contributed by atoms with van der Waals surface area (Å²) in [6, 6.07) is 7.18. The lowest BCUT2D eigenvalue weighted by Gasteiger charge is -2.11. The molecule has 0 fully saturated rings. The number of benzene rings is 1. The molecule has 6 nitrogen and oxygen atoms in total. The summed E-state index contributed by atoms with van der Waals surface area (Å²) in [5.74, 6) is 0.149. The molecule has 0 aliphatic heterocycles. The zero-order chi connectivity index (χ0) is 19.4. The predicted octanol–water partition coefficient (Wildman–Crippen LogP) is 4.75. The quantitative estimate of drug-likeness (QED) is 0.538. The number of aromatic nitrogens is 4. The van der Waals surface area contributed by atoms with E-state index in [0.29, 0.717) is 23.1 Å². The third-order valence-corrected chi connectivity index (χ3v) is 4.09. The molecular weight excluding hydrogens is 378 g/mol. The molecule has 0 bridgehead atoms. The highest BCUT2D eigenvalue weighted by Crippen LogP contribution is 2.30. The predicted molar refractivity (Wildman–Crippen MR) is 95.0 cm³/mol. The lowest BCUT2D eigenvalue weighted by atomic mass is 10.0. The molecule has 3 rings (SSSR count). The van der Waals surface area contributed by atoms with E-state index in [0.717, 1.165) is 29.7 Å². The molecule has 1 aromatic carbocycles. The lowest BCUT2D eigenvalue weighted by molar-refractivity contribution is 0.106. The summed E-state index contributed by atoms with van der Waals surface area (Å²) >= 11 is 5.71. The molecule has 0 atom stereocenters. The third kappa shape index (κ3) is 4.77. The van der Waals surface area contributed by atoms with Crippen LogP contribution in [0.2, 0.25) is 5.15 Å². The molecule has 27 heavy (non-hydrogen) atoms. The fourth-order valence-electron chi connectivity index (χ4n) is 2.71. The molecule has 0 aliphatic rings. The summed E-state index contributed by atoms with van der Waals surface area (Å²) in [6.07, 6.45) is -1.31. The van der Waals surface area contributed by atoms with Crippen molar-refractivity contribution in [1.82, 2.24) is 20.3 Å². The fraction of sp³-hybridized carbons (Fsp3) is 0.333. The Labute approximate surface area is 159 Å². The van der Waals surface area contributed by atoms with E-state index < -0.39 is 12.3 Å². The van der Waals surface area contributed by atoms with Crippen molar-refractivity contribution in [1.29, 1.82) is 0 Å². The standard InChI is InChI=1S/C18H17ClF2N4O2/c1-10-8-13(26-7-3-4-12-5-6-14(19)24-23-12)9-11(2)15(10)17-22-18(16(20)21)27-25-17/h5-6,8-9,16H,3-4,7H2,1-2H3. The van der Waals surface area contributed by atoms with Crippen LogP contribution in [0.3, 0.4) is 0 Å². The first-order chi connectivity index (χ1) is 12.9. The van der Waals surface area contributed by atoms with Gasteiger partial charge in [0, 0.05) is 5.56 Å². The molecule has 2 aromatic heterocycles. The van der Waals surface area contributed by atoms with Crippen molar-refractivity contribution in [3.05, 3.63) is 52.1 Å². The van der Waals surface area contributed by atoms with Crippen molar-refractivity contribution in [3.8, 4) is 17.1 Å². The Morgan fingerprint density at radius 1 is 1.15 bits per heavy atom. The Kier molecular flexibility index (Phi) is 5.95. The van der Waals surface area contributed by atoms with E-state index in [1.807, 2.05) is 32.0 Å². The van der Waals surface area contributed by atoms with Crippen molar-refractivity contribution < 1.29 is 18.0 Å². The van der Waals surface area contributed by atoms with Gasteiger partial charge in [-0.1, -0.05) is 16.8 Å². The minimum absolute atomic E-state index is 0.146. The van der Waals surface area contributed by atoms with Crippen LogP contribution in [0.15, 0.2) is 28.8 Å². The van der Waals surface area contributed by atoms with Crippen LogP contribution in [0.5, 0.6) is 5.75 Å². The van der Waals surface area contributed by atoms with Crippen LogP contribution >= 0.6 is 11.6 Å². The Morgan fingerprint density at radius 3 is 2.48 bits per heavy atom. The van der Waals surface area contributed by atoms with Crippen molar-refractivity contribution in [2.75, 3.05) is 6.61 Å². The van der Waals surface area contributed by atoms with Gasteiger partial charge < -0.3 is 9.26 Å². The average molecular weight is 395 g/mol. The number of alkyl halides is 2. The normalized spacial score (nSPS) is 11.2. The van der Waals surface area contributed by atoms with Crippen LogP contribution in [-0.4, -0.2) is 26.9 Å². The highest BCUT2D eigenvalue weighted by molar-refractivity contribution is 6.29. The number of halogens is 3. The molecule has 0 spiro atoms. The number of nitrogens with zero attached hydrogens (tertiary/aromatic N) is 4. The van der Waals surface area contributed by atoms with Gasteiger partial charge in [-0.2, -0.15) is 18.9 Å². The van der Waals surface area contributed by atoms with Gasteiger partial charge in [-0.05, 0) is 62.1 Å².